The molecular formula is C24H24F3N7O. The van der Waals surface area contributed by atoms with Crippen LogP contribution in [0.5, 0.6) is 0 Å². The minimum atomic E-state index is -0.696. The van der Waals surface area contributed by atoms with Crippen molar-refractivity contribution < 1.29 is 17.9 Å². The molecule has 0 aliphatic carbocycles. The van der Waals surface area contributed by atoms with Crippen LogP contribution in [0.15, 0.2) is 42.5 Å². The molecule has 11 heteroatoms. The van der Waals surface area contributed by atoms with Gasteiger partial charge in [0.2, 0.25) is 5.95 Å². The molecule has 0 amide bonds. The van der Waals surface area contributed by atoms with E-state index in [4.69, 9.17) is 15.5 Å². The van der Waals surface area contributed by atoms with E-state index in [0.717, 1.165) is 42.5 Å². The van der Waals surface area contributed by atoms with E-state index in [9.17, 15) is 13.2 Å². The van der Waals surface area contributed by atoms with Crippen LogP contribution >= 0.6 is 0 Å². The Morgan fingerprint density at radius 3 is 2.49 bits per heavy atom. The number of hydrogen-bond donors (Lipinski definition) is 1. The zero-order chi connectivity index (χ0) is 24.5. The van der Waals surface area contributed by atoms with Crippen molar-refractivity contribution in [1.82, 2.24) is 24.6 Å². The van der Waals surface area contributed by atoms with Gasteiger partial charge < -0.3 is 15.4 Å². The highest BCUT2D eigenvalue weighted by Crippen LogP contribution is 2.34. The summed E-state index contributed by atoms with van der Waals surface area (Å²) in [6.45, 7) is 4.42. The molecule has 0 radical (unpaired) electrons. The van der Waals surface area contributed by atoms with Gasteiger partial charge in [0.05, 0.1) is 17.7 Å². The molecule has 0 saturated carbocycles. The lowest BCUT2D eigenvalue weighted by Gasteiger charge is -2.34. The number of halogens is 3. The molecule has 35 heavy (non-hydrogen) atoms. The van der Waals surface area contributed by atoms with Crippen LogP contribution in [0.4, 0.5) is 24.9 Å². The van der Waals surface area contributed by atoms with Gasteiger partial charge in [0, 0.05) is 51.5 Å². The van der Waals surface area contributed by atoms with Gasteiger partial charge in [0.25, 0.3) is 0 Å². The van der Waals surface area contributed by atoms with Crippen molar-refractivity contribution in [3.8, 4) is 16.9 Å². The highest BCUT2D eigenvalue weighted by molar-refractivity contribution is 5.99. The van der Waals surface area contributed by atoms with Gasteiger partial charge in [0.15, 0.2) is 5.65 Å². The molecule has 2 aromatic heterocycles. The van der Waals surface area contributed by atoms with E-state index in [-0.39, 0.29) is 17.2 Å². The van der Waals surface area contributed by atoms with Crippen LogP contribution in [0.25, 0.3) is 28.0 Å². The van der Waals surface area contributed by atoms with Crippen LogP contribution in [-0.2, 0) is 4.74 Å². The van der Waals surface area contributed by atoms with Crippen LogP contribution in [-0.4, -0.2) is 71.1 Å². The normalized spacial score (nSPS) is 14.7. The molecular weight excluding hydrogens is 459 g/mol. The molecule has 0 atom stereocenters. The summed E-state index contributed by atoms with van der Waals surface area (Å²) in [7, 11) is 1.67. The molecule has 182 valence electrons. The Kier molecular flexibility index (Phi) is 6.27. The molecule has 4 aromatic rings. The Hall–Kier alpha value is -3.70. The van der Waals surface area contributed by atoms with E-state index < -0.39 is 17.5 Å². The summed E-state index contributed by atoms with van der Waals surface area (Å²) in [5, 5.41) is 4.73. The Labute approximate surface area is 199 Å². The third-order valence-electron chi connectivity index (χ3n) is 6.06. The van der Waals surface area contributed by atoms with Crippen molar-refractivity contribution in [2.24, 2.45) is 0 Å². The van der Waals surface area contributed by atoms with Gasteiger partial charge in [-0.05, 0) is 24.3 Å². The number of anilines is 2. The fourth-order valence-electron chi connectivity index (χ4n) is 4.21. The average Bonchev–Trinajstić information content (AvgIpc) is 3.20. The lowest BCUT2D eigenvalue weighted by Crippen LogP contribution is -2.47. The van der Waals surface area contributed by atoms with E-state index in [0.29, 0.717) is 42.3 Å². The SMILES string of the molecule is COCCN1CCN(c2nc(-c3cccc(F)c3)c3c(N)n(-c4cc(F)ccc4F)nc3n2)CC1. The largest absolute Gasteiger partial charge is 0.383 e. The van der Waals surface area contributed by atoms with Gasteiger partial charge in [-0.1, -0.05) is 12.1 Å². The molecule has 0 bridgehead atoms. The van der Waals surface area contributed by atoms with E-state index >= 15 is 0 Å². The minimum Gasteiger partial charge on any atom is -0.383 e. The van der Waals surface area contributed by atoms with Gasteiger partial charge in [-0.3, -0.25) is 4.90 Å². The molecule has 1 aliphatic rings. The van der Waals surface area contributed by atoms with Crippen LogP contribution in [0, 0.1) is 17.5 Å². The van der Waals surface area contributed by atoms with Crippen molar-refractivity contribution in [3.63, 3.8) is 0 Å². The van der Waals surface area contributed by atoms with Crippen molar-refractivity contribution in [1.29, 1.82) is 0 Å². The molecule has 1 aliphatic heterocycles. The van der Waals surface area contributed by atoms with Crippen molar-refractivity contribution in [2.45, 2.75) is 0 Å². The zero-order valence-corrected chi connectivity index (χ0v) is 19.1. The van der Waals surface area contributed by atoms with Crippen molar-refractivity contribution in [2.75, 3.05) is 57.1 Å². The van der Waals surface area contributed by atoms with Gasteiger partial charge in [-0.25, -0.2) is 22.8 Å². The Morgan fingerprint density at radius 1 is 0.971 bits per heavy atom. The van der Waals surface area contributed by atoms with Gasteiger partial charge in [0.1, 0.15) is 29.0 Å². The third kappa shape index (κ3) is 4.52. The molecule has 1 saturated heterocycles. The molecule has 1 fully saturated rings. The number of rotatable bonds is 6. The van der Waals surface area contributed by atoms with Crippen LogP contribution in [0.1, 0.15) is 0 Å². The maximum Gasteiger partial charge on any atom is 0.228 e. The second-order valence-electron chi connectivity index (χ2n) is 8.30. The smallest absolute Gasteiger partial charge is 0.228 e. The summed E-state index contributed by atoms with van der Waals surface area (Å²) in [6, 6.07) is 8.97. The van der Waals surface area contributed by atoms with Crippen molar-refractivity contribution in [3.05, 3.63) is 59.9 Å². The monoisotopic (exact) mass is 483 g/mol. The van der Waals surface area contributed by atoms with Gasteiger partial charge in [-0.15, -0.1) is 5.10 Å². The average molecular weight is 483 g/mol. The number of nitrogen functional groups attached to an aromatic ring is 1. The maximum absolute atomic E-state index is 14.5. The first kappa shape index (κ1) is 23.1. The quantitative estimate of drug-likeness (QED) is 0.451. The van der Waals surface area contributed by atoms with E-state index in [1.807, 2.05) is 4.90 Å². The highest BCUT2D eigenvalue weighted by atomic mass is 19.1. The topological polar surface area (TPSA) is 85.3 Å². The molecule has 0 unspecified atom stereocenters. The van der Waals surface area contributed by atoms with Gasteiger partial charge >= 0.3 is 0 Å². The third-order valence-corrected chi connectivity index (χ3v) is 6.06. The number of hydrogen-bond acceptors (Lipinski definition) is 7. The van der Waals surface area contributed by atoms with E-state index in [1.54, 1.807) is 19.2 Å². The number of aromatic nitrogens is 4. The first-order valence-electron chi connectivity index (χ1n) is 11.2. The second-order valence-corrected chi connectivity index (χ2v) is 8.30. The Bertz CT molecular complexity index is 1370. The van der Waals surface area contributed by atoms with Crippen LogP contribution < -0.4 is 10.6 Å². The molecule has 3 heterocycles. The van der Waals surface area contributed by atoms with E-state index in [1.165, 1.54) is 12.1 Å². The number of nitrogens with two attached hydrogens (primary N) is 1. The fourth-order valence-corrected chi connectivity index (χ4v) is 4.21. The first-order valence-corrected chi connectivity index (χ1v) is 11.2. The predicted molar refractivity (Wildman–Crippen MR) is 127 cm³/mol. The molecule has 2 N–H and O–H groups in total. The molecule has 0 spiro atoms. The number of fused-ring (bicyclic) bond motifs is 1. The fraction of sp³-hybridized carbons (Fsp3) is 0.292. The lowest BCUT2D eigenvalue weighted by atomic mass is 10.1. The molecule has 5 rings (SSSR count). The summed E-state index contributed by atoms with van der Waals surface area (Å²) in [4.78, 5) is 13.6. The Morgan fingerprint density at radius 2 is 1.74 bits per heavy atom. The zero-order valence-electron chi connectivity index (χ0n) is 19.1. The van der Waals surface area contributed by atoms with Crippen molar-refractivity contribution >= 4 is 22.8 Å². The number of ether oxygens (including phenoxy) is 1. The second kappa shape index (κ2) is 9.51. The standard InChI is InChI=1S/C24H24F3N7O/c1-35-12-11-32-7-9-33(10-8-32)24-29-21(15-3-2-4-16(25)13-15)20-22(28)34(31-23(20)30-24)19-14-17(26)5-6-18(19)27/h2-6,13-14H,7-12,28H2,1H3. The minimum absolute atomic E-state index is 0.0275. The summed E-state index contributed by atoms with van der Waals surface area (Å²) < 4.78 is 48.8. The first-order chi connectivity index (χ1) is 16.9. The lowest BCUT2D eigenvalue weighted by molar-refractivity contribution is 0.144. The number of benzene rings is 2. The van der Waals surface area contributed by atoms with Crippen LogP contribution in [0.3, 0.4) is 0 Å². The molecule has 8 nitrogen and oxygen atoms in total. The van der Waals surface area contributed by atoms with Crippen LogP contribution in [0.2, 0.25) is 0 Å². The highest BCUT2D eigenvalue weighted by Gasteiger charge is 2.25. The summed E-state index contributed by atoms with van der Waals surface area (Å²) in [5.74, 6) is -1.33. The number of piperazine rings is 1. The predicted octanol–water partition coefficient (Wildman–Crippen LogP) is 3.25. The summed E-state index contributed by atoms with van der Waals surface area (Å²) in [6.07, 6.45) is 0. The summed E-state index contributed by atoms with van der Waals surface area (Å²) in [5.41, 5.74) is 7.26. The molecule has 2 aromatic carbocycles. The Balaban J connectivity index is 1.62. The van der Waals surface area contributed by atoms with Gasteiger partial charge in [-0.2, -0.15) is 4.98 Å². The number of nitrogens with zero attached hydrogens (tertiary/aromatic N) is 6. The maximum atomic E-state index is 14.5. The van der Waals surface area contributed by atoms with E-state index in [2.05, 4.69) is 15.0 Å². The summed E-state index contributed by atoms with van der Waals surface area (Å²) >= 11 is 0. The number of methoxy groups -OCH3 is 1.